The van der Waals surface area contributed by atoms with E-state index in [1.165, 1.54) is 34.8 Å². The fraction of sp³-hybridized carbons (Fsp3) is 0.393. The predicted molar refractivity (Wildman–Crippen MR) is 156 cm³/mol. The van der Waals surface area contributed by atoms with E-state index in [1.54, 1.807) is 48.9 Å². The van der Waals surface area contributed by atoms with Crippen molar-refractivity contribution in [2.75, 3.05) is 44.2 Å². The number of carbonyl (C=O) groups is 2. The van der Waals surface area contributed by atoms with Crippen LogP contribution in [-0.2, 0) is 17.1 Å². The first kappa shape index (κ1) is 30.1. The van der Waals surface area contributed by atoms with E-state index in [2.05, 4.69) is 15.6 Å². The number of benzene rings is 2. The summed E-state index contributed by atoms with van der Waals surface area (Å²) in [7, 11) is -0.772. The first-order valence-electron chi connectivity index (χ1n) is 13.6. The van der Waals surface area contributed by atoms with Crippen LogP contribution in [0.25, 0.3) is 0 Å². The van der Waals surface area contributed by atoms with Gasteiger partial charge in [0.05, 0.1) is 31.1 Å². The summed E-state index contributed by atoms with van der Waals surface area (Å²) in [6.07, 6.45) is 2.17. The Bertz CT molecular complexity index is 1630. The maximum atomic E-state index is 13.7. The fourth-order valence-electron chi connectivity index (χ4n) is 4.82. The van der Waals surface area contributed by atoms with Crippen LogP contribution in [-0.4, -0.2) is 89.9 Å². The van der Waals surface area contributed by atoms with Crippen molar-refractivity contribution in [3.05, 3.63) is 54.5 Å². The topological polar surface area (TPSA) is 165 Å². The second-order valence-electron chi connectivity index (χ2n) is 10.6. The number of likely N-dealkylation sites (N-methyl/N-ethyl adjacent to an activating group) is 1. The molecule has 43 heavy (non-hydrogen) atoms. The highest BCUT2D eigenvalue weighted by Gasteiger charge is 2.36. The molecule has 0 saturated heterocycles. The maximum absolute atomic E-state index is 13.7. The third-order valence-electron chi connectivity index (χ3n) is 7.35. The van der Waals surface area contributed by atoms with Gasteiger partial charge in [0, 0.05) is 50.2 Å². The van der Waals surface area contributed by atoms with E-state index in [0.29, 0.717) is 22.9 Å². The normalized spacial score (nSPS) is 18.8. The largest absolute Gasteiger partial charge is 0.488 e. The van der Waals surface area contributed by atoms with Crippen LogP contribution in [0.5, 0.6) is 17.2 Å². The molecule has 3 N–H and O–H groups in total. The zero-order valence-electron chi connectivity index (χ0n) is 24.2. The standard InChI is InChI=1S/C28H34N6O8S/c1-17-11-34(18(2)14-35)27(36)21-9-19(30-28(37)31-20-6-8-23-24(10-20)41-16-40-23)5-7-22(21)42-25(17)12-33(4)43(38,39)26-13-32(3)15-29-26/h5-10,13,15,17-18,25,35H,11-12,14,16H2,1-4H3,(H2,30,31,37)/t17-,18+,25+/m1/s1. The molecule has 2 aliphatic heterocycles. The lowest BCUT2D eigenvalue weighted by atomic mass is 9.99. The van der Waals surface area contributed by atoms with Crippen LogP contribution in [0.2, 0.25) is 0 Å². The number of ether oxygens (including phenoxy) is 3. The number of aliphatic hydroxyl groups is 1. The Morgan fingerprint density at radius 1 is 1.14 bits per heavy atom. The number of fused-ring (bicyclic) bond motifs is 2. The second-order valence-corrected chi connectivity index (χ2v) is 12.6. The van der Waals surface area contributed by atoms with Gasteiger partial charge < -0.3 is 39.4 Å². The minimum atomic E-state index is -3.90. The summed E-state index contributed by atoms with van der Waals surface area (Å²) in [5, 5.41) is 15.3. The summed E-state index contributed by atoms with van der Waals surface area (Å²) in [5.41, 5.74) is 0.968. The van der Waals surface area contributed by atoms with Crippen molar-refractivity contribution in [3.8, 4) is 17.2 Å². The number of nitrogens with one attached hydrogen (secondary N) is 2. The summed E-state index contributed by atoms with van der Waals surface area (Å²) in [4.78, 5) is 32.0. The number of rotatable bonds is 8. The highest BCUT2D eigenvalue weighted by molar-refractivity contribution is 7.89. The molecular formula is C28H34N6O8S. The van der Waals surface area contributed by atoms with Gasteiger partial charge in [0.2, 0.25) is 6.79 Å². The number of aliphatic hydroxyl groups excluding tert-OH is 1. The second kappa shape index (κ2) is 12.1. The zero-order valence-corrected chi connectivity index (χ0v) is 25.0. The Kier molecular flexibility index (Phi) is 8.48. The third-order valence-corrected chi connectivity index (χ3v) is 9.06. The molecule has 3 amide bonds. The van der Waals surface area contributed by atoms with Crippen LogP contribution >= 0.6 is 0 Å². The van der Waals surface area contributed by atoms with Crippen molar-refractivity contribution in [3.63, 3.8) is 0 Å². The molecule has 0 bridgehead atoms. The molecule has 0 radical (unpaired) electrons. The van der Waals surface area contributed by atoms with Crippen LogP contribution in [0, 0.1) is 5.92 Å². The third kappa shape index (κ3) is 6.38. The number of aromatic nitrogens is 2. The smallest absolute Gasteiger partial charge is 0.323 e. The monoisotopic (exact) mass is 614 g/mol. The Balaban J connectivity index is 1.38. The molecule has 0 spiro atoms. The average Bonchev–Trinajstić information content (AvgIpc) is 3.63. The first-order valence-corrected chi connectivity index (χ1v) is 15.0. The van der Waals surface area contributed by atoms with Gasteiger partial charge in [-0.2, -0.15) is 4.31 Å². The number of urea groups is 1. The SMILES string of the molecule is C[C@@H]1CN([C@@H](C)CO)C(=O)c2cc(NC(=O)Nc3ccc4c(c3)OCO4)ccc2O[C@H]1CN(C)S(=O)(=O)c1cn(C)cn1. The van der Waals surface area contributed by atoms with E-state index < -0.39 is 34.1 Å². The zero-order chi connectivity index (χ0) is 30.9. The number of nitrogens with zero attached hydrogens (tertiary/aromatic N) is 4. The number of carbonyl (C=O) groups excluding carboxylic acids is 2. The predicted octanol–water partition coefficient (Wildman–Crippen LogP) is 2.33. The lowest BCUT2D eigenvalue weighted by Gasteiger charge is -2.38. The van der Waals surface area contributed by atoms with Gasteiger partial charge in [-0.1, -0.05) is 6.92 Å². The van der Waals surface area contributed by atoms with Gasteiger partial charge in [-0.25, -0.2) is 18.2 Å². The molecule has 3 aromatic rings. The highest BCUT2D eigenvalue weighted by Crippen LogP contribution is 2.35. The number of hydrogen-bond acceptors (Lipinski definition) is 9. The Morgan fingerprint density at radius 2 is 1.81 bits per heavy atom. The summed E-state index contributed by atoms with van der Waals surface area (Å²) in [5.74, 6) is 0.624. The fourth-order valence-corrected chi connectivity index (χ4v) is 5.96. The summed E-state index contributed by atoms with van der Waals surface area (Å²) < 4.78 is 46.0. The van der Waals surface area contributed by atoms with Crippen molar-refractivity contribution >= 4 is 33.3 Å². The van der Waals surface area contributed by atoms with E-state index in [1.807, 2.05) is 6.92 Å². The molecule has 1 aromatic heterocycles. The number of imidazole rings is 1. The van der Waals surface area contributed by atoms with Gasteiger partial charge in [-0.3, -0.25) is 4.79 Å². The van der Waals surface area contributed by atoms with E-state index in [0.717, 1.165) is 0 Å². The summed E-state index contributed by atoms with van der Waals surface area (Å²) in [6, 6.07) is 8.56. The van der Waals surface area contributed by atoms with Gasteiger partial charge in [0.1, 0.15) is 11.9 Å². The Labute approximate surface area is 249 Å². The van der Waals surface area contributed by atoms with Crippen molar-refractivity contribution in [2.45, 2.75) is 31.0 Å². The number of anilines is 2. The quantitative estimate of drug-likeness (QED) is 0.345. The van der Waals surface area contributed by atoms with Crippen molar-refractivity contribution in [2.24, 2.45) is 13.0 Å². The molecule has 0 fully saturated rings. The number of aryl methyl sites for hydroxylation is 1. The number of hydrogen-bond donors (Lipinski definition) is 3. The molecule has 3 atom stereocenters. The van der Waals surface area contributed by atoms with Crippen molar-refractivity contribution < 1.29 is 37.3 Å². The lowest BCUT2D eigenvalue weighted by Crippen LogP contribution is -2.50. The van der Waals surface area contributed by atoms with Crippen LogP contribution in [0.15, 0.2) is 53.9 Å². The van der Waals surface area contributed by atoms with Gasteiger partial charge in [0.25, 0.3) is 15.9 Å². The van der Waals surface area contributed by atoms with E-state index >= 15 is 0 Å². The summed E-state index contributed by atoms with van der Waals surface area (Å²) in [6.45, 7) is 3.59. The lowest BCUT2D eigenvalue weighted by molar-refractivity contribution is 0.0387. The molecule has 15 heteroatoms. The van der Waals surface area contributed by atoms with Crippen LogP contribution in [0.4, 0.5) is 16.2 Å². The molecule has 14 nitrogen and oxygen atoms in total. The molecule has 0 aliphatic carbocycles. The van der Waals surface area contributed by atoms with Gasteiger partial charge in [-0.05, 0) is 37.3 Å². The molecular weight excluding hydrogens is 580 g/mol. The minimum absolute atomic E-state index is 0.0208. The van der Waals surface area contributed by atoms with Crippen LogP contribution in [0.3, 0.4) is 0 Å². The molecule has 3 heterocycles. The minimum Gasteiger partial charge on any atom is -0.488 e. The van der Waals surface area contributed by atoms with Crippen LogP contribution in [0.1, 0.15) is 24.2 Å². The molecule has 5 rings (SSSR count). The summed E-state index contributed by atoms with van der Waals surface area (Å²) >= 11 is 0. The van der Waals surface area contributed by atoms with Gasteiger partial charge in [0.15, 0.2) is 16.5 Å². The molecule has 2 aliphatic rings. The number of amides is 3. The van der Waals surface area contributed by atoms with Gasteiger partial charge in [-0.15, -0.1) is 0 Å². The van der Waals surface area contributed by atoms with Crippen molar-refractivity contribution in [1.29, 1.82) is 0 Å². The van der Waals surface area contributed by atoms with E-state index in [9.17, 15) is 23.1 Å². The molecule has 0 saturated carbocycles. The Hall–Kier alpha value is -4.34. The van der Waals surface area contributed by atoms with Crippen LogP contribution < -0.4 is 24.8 Å². The number of sulfonamides is 1. The maximum Gasteiger partial charge on any atom is 0.323 e. The Morgan fingerprint density at radius 3 is 2.49 bits per heavy atom. The highest BCUT2D eigenvalue weighted by atomic mass is 32.2. The van der Waals surface area contributed by atoms with E-state index in [-0.39, 0.29) is 48.7 Å². The van der Waals surface area contributed by atoms with Crippen molar-refractivity contribution in [1.82, 2.24) is 18.8 Å². The average molecular weight is 615 g/mol. The molecule has 230 valence electrons. The molecule has 0 unspecified atom stereocenters. The molecule has 2 aromatic carbocycles. The van der Waals surface area contributed by atoms with E-state index in [4.69, 9.17) is 14.2 Å². The van der Waals surface area contributed by atoms with Gasteiger partial charge >= 0.3 is 6.03 Å². The first-order chi connectivity index (χ1) is 20.5.